The number of nitrogens with one attached hydrogen (secondary N) is 1. The number of amides is 1. The highest BCUT2D eigenvalue weighted by molar-refractivity contribution is 5.79. The van der Waals surface area contributed by atoms with Crippen LogP contribution in [0.5, 0.6) is 5.75 Å². The molecular weight excluding hydrogens is 274 g/mol. The molecule has 1 saturated carbocycles. The van der Waals surface area contributed by atoms with Gasteiger partial charge in [-0.3, -0.25) is 4.79 Å². The van der Waals surface area contributed by atoms with Crippen molar-refractivity contribution in [1.82, 2.24) is 5.32 Å². The Balaban J connectivity index is 1.67. The van der Waals surface area contributed by atoms with E-state index >= 15 is 0 Å². The van der Waals surface area contributed by atoms with Gasteiger partial charge in [0.2, 0.25) is 5.91 Å². The molecule has 2 aromatic carbocycles. The van der Waals surface area contributed by atoms with E-state index in [2.05, 4.69) is 36.5 Å². The molecule has 0 bridgehead atoms. The minimum atomic E-state index is 0.0307. The van der Waals surface area contributed by atoms with E-state index in [4.69, 9.17) is 0 Å². The number of aromatic hydroxyl groups is 1. The van der Waals surface area contributed by atoms with Gasteiger partial charge in [-0.1, -0.05) is 42.0 Å². The lowest BCUT2D eigenvalue weighted by molar-refractivity contribution is -0.121. The predicted molar refractivity (Wildman–Crippen MR) is 86.6 cm³/mol. The molecular formula is C19H21NO2. The topological polar surface area (TPSA) is 49.3 Å². The first-order valence-corrected chi connectivity index (χ1v) is 7.75. The van der Waals surface area contributed by atoms with Gasteiger partial charge in [0.25, 0.3) is 0 Å². The van der Waals surface area contributed by atoms with Crippen LogP contribution in [-0.2, 0) is 11.2 Å². The van der Waals surface area contributed by atoms with Gasteiger partial charge in [-0.15, -0.1) is 0 Å². The fourth-order valence-corrected chi connectivity index (χ4v) is 2.70. The summed E-state index contributed by atoms with van der Waals surface area (Å²) in [4.78, 5) is 12.3. The second kappa shape index (κ2) is 6.22. The van der Waals surface area contributed by atoms with E-state index < -0.39 is 0 Å². The van der Waals surface area contributed by atoms with Gasteiger partial charge in [-0.2, -0.15) is 0 Å². The van der Waals surface area contributed by atoms with E-state index in [-0.39, 0.29) is 17.7 Å². The summed E-state index contributed by atoms with van der Waals surface area (Å²) in [5.74, 6) is 0.814. The molecule has 1 atom stereocenters. The Kier molecular flexibility index (Phi) is 4.14. The Labute approximate surface area is 131 Å². The van der Waals surface area contributed by atoms with Crippen LogP contribution in [0.4, 0.5) is 0 Å². The molecule has 1 unspecified atom stereocenters. The van der Waals surface area contributed by atoms with Crippen molar-refractivity contribution in [1.29, 1.82) is 0 Å². The quantitative estimate of drug-likeness (QED) is 0.887. The van der Waals surface area contributed by atoms with Crippen LogP contribution < -0.4 is 5.32 Å². The van der Waals surface area contributed by atoms with Gasteiger partial charge < -0.3 is 10.4 Å². The highest BCUT2D eigenvalue weighted by Crippen LogP contribution is 2.41. The van der Waals surface area contributed by atoms with E-state index in [1.807, 2.05) is 0 Å². The Morgan fingerprint density at radius 2 is 1.77 bits per heavy atom. The molecule has 2 aromatic rings. The number of carbonyl (C=O) groups is 1. The monoisotopic (exact) mass is 295 g/mol. The summed E-state index contributed by atoms with van der Waals surface area (Å²) in [6.07, 6.45) is 2.70. The lowest BCUT2D eigenvalue weighted by atomic mass is 10.0. The first-order chi connectivity index (χ1) is 10.6. The Hall–Kier alpha value is -2.29. The standard InChI is InChI=1S/C19H21NO2/c1-13-2-6-15(7-3-13)19(16-8-9-16)20-18(22)12-14-4-10-17(21)11-5-14/h2-7,10-11,16,19,21H,8-9,12H2,1H3,(H,20,22). The number of hydrogen-bond acceptors (Lipinski definition) is 2. The highest BCUT2D eigenvalue weighted by atomic mass is 16.3. The average Bonchev–Trinajstić information content (AvgIpc) is 3.33. The summed E-state index contributed by atoms with van der Waals surface area (Å²) in [6, 6.07) is 15.3. The van der Waals surface area contributed by atoms with Crippen molar-refractivity contribution in [2.75, 3.05) is 0 Å². The third-order valence-corrected chi connectivity index (χ3v) is 4.15. The van der Waals surface area contributed by atoms with Crippen molar-refractivity contribution < 1.29 is 9.90 Å². The second-order valence-corrected chi connectivity index (χ2v) is 6.14. The lowest BCUT2D eigenvalue weighted by Crippen LogP contribution is -2.31. The largest absolute Gasteiger partial charge is 0.508 e. The van der Waals surface area contributed by atoms with Gasteiger partial charge in [0, 0.05) is 0 Å². The van der Waals surface area contributed by atoms with Crippen LogP contribution >= 0.6 is 0 Å². The normalized spacial score (nSPS) is 15.3. The fourth-order valence-electron chi connectivity index (χ4n) is 2.70. The van der Waals surface area contributed by atoms with Gasteiger partial charge >= 0.3 is 0 Å². The van der Waals surface area contributed by atoms with E-state index in [1.165, 1.54) is 24.0 Å². The second-order valence-electron chi connectivity index (χ2n) is 6.14. The molecule has 0 radical (unpaired) electrons. The summed E-state index contributed by atoms with van der Waals surface area (Å²) >= 11 is 0. The van der Waals surface area contributed by atoms with Crippen LogP contribution in [0.15, 0.2) is 48.5 Å². The van der Waals surface area contributed by atoms with Crippen LogP contribution in [0.1, 0.15) is 35.6 Å². The molecule has 0 heterocycles. The molecule has 0 aliphatic heterocycles. The van der Waals surface area contributed by atoms with Crippen molar-refractivity contribution in [3.63, 3.8) is 0 Å². The number of hydrogen-bond donors (Lipinski definition) is 2. The van der Waals surface area contributed by atoms with Crippen LogP contribution in [0.25, 0.3) is 0 Å². The van der Waals surface area contributed by atoms with Gasteiger partial charge in [0.15, 0.2) is 0 Å². The van der Waals surface area contributed by atoms with Crippen molar-refractivity contribution in [2.45, 2.75) is 32.2 Å². The molecule has 3 heteroatoms. The maximum atomic E-state index is 12.3. The third kappa shape index (κ3) is 3.67. The Morgan fingerprint density at radius 3 is 2.36 bits per heavy atom. The van der Waals surface area contributed by atoms with Crippen molar-refractivity contribution in [3.05, 3.63) is 65.2 Å². The number of phenolic OH excluding ortho intramolecular Hbond substituents is 1. The molecule has 0 saturated heterocycles. The third-order valence-electron chi connectivity index (χ3n) is 4.15. The first kappa shape index (κ1) is 14.6. The first-order valence-electron chi connectivity index (χ1n) is 7.75. The number of phenols is 1. The smallest absolute Gasteiger partial charge is 0.224 e. The molecule has 1 aliphatic carbocycles. The zero-order chi connectivity index (χ0) is 15.5. The van der Waals surface area contributed by atoms with Gasteiger partial charge in [0.05, 0.1) is 12.5 Å². The molecule has 1 amide bonds. The maximum absolute atomic E-state index is 12.3. The summed E-state index contributed by atoms with van der Waals surface area (Å²) in [5, 5.41) is 12.5. The van der Waals surface area contributed by atoms with Crippen LogP contribution in [0, 0.1) is 12.8 Å². The number of rotatable bonds is 5. The molecule has 0 spiro atoms. The van der Waals surface area contributed by atoms with E-state index in [0.29, 0.717) is 12.3 Å². The molecule has 1 aliphatic rings. The van der Waals surface area contributed by atoms with E-state index in [9.17, 15) is 9.90 Å². The van der Waals surface area contributed by atoms with Crippen molar-refractivity contribution in [2.24, 2.45) is 5.92 Å². The molecule has 1 fully saturated rings. The number of carbonyl (C=O) groups excluding carboxylic acids is 1. The summed E-state index contributed by atoms with van der Waals surface area (Å²) in [5.41, 5.74) is 3.33. The summed E-state index contributed by atoms with van der Waals surface area (Å²) in [7, 11) is 0. The number of aryl methyl sites for hydroxylation is 1. The molecule has 0 aromatic heterocycles. The van der Waals surface area contributed by atoms with Crippen molar-refractivity contribution in [3.8, 4) is 5.75 Å². The number of benzene rings is 2. The average molecular weight is 295 g/mol. The van der Waals surface area contributed by atoms with Gasteiger partial charge in [-0.25, -0.2) is 0 Å². The maximum Gasteiger partial charge on any atom is 0.224 e. The summed E-state index contributed by atoms with van der Waals surface area (Å²) in [6.45, 7) is 2.07. The molecule has 114 valence electrons. The molecule has 3 nitrogen and oxygen atoms in total. The van der Waals surface area contributed by atoms with Crippen LogP contribution in [-0.4, -0.2) is 11.0 Å². The van der Waals surface area contributed by atoms with E-state index in [0.717, 1.165) is 5.56 Å². The minimum Gasteiger partial charge on any atom is -0.508 e. The molecule has 22 heavy (non-hydrogen) atoms. The predicted octanol–water partition coefficient (Wildman–Crippen LogP) is 3.51. The SMILES string of the molecule is Cc1ccc(C(NC(=O)Cc2ccc(O)cc2)C2CC2)cc1. The minimum absolute atomic E-state index is 0.0307. The van der Waals surface area contributed by atoms with Gasteiger partial charge in [0.1, 0.15) is 5.75 Å². The van der Waals surface area contributed by atoms with E-state index in [1.54, 1.807) is 24.3 Å². The molecule has 3 rings (SSSR count). The zero-order valence-electron chi connectivity index (χ0n) is 12.8. The fraction of sp³-hybridized carbons (Fsp3) is 0.316. The summed E-state index contributed by atoms with van der Waals surface area (Å²) < 4.78 is 0. The van der Waals surface area contributed by atoms with Crippen LogP contribution in [0.2, 0.25) is 0 Å². The zero-order valence-corrected chi connectivity index (χ0v) is 12.8. The Morgan fingerprint density at radius 1 is 1.14 bits per heavy atom. The van der Waals surface area contributed by atoms with Crippen LogP contribution in [0.3, 0.4) is 0 Å². The highest BCUT2D eigenvalue weighted by Gasteiger charge is 2.33. The van der Waals surface area contributed by atoms with Gasteiger partial charge in [-0.05, 0) is 48.9 Å². The lowest BCUT2D eigenvalue weighted by Gasteiger charge is -2.19. The Bertz CT molecular complexity index is 642. The molecule has 2 N–H and O–H groups in total. The van der Waals surface area contributed by atoms with Crippen molar-refractivity contribution >= 4 is 5.91 Å².